The third-order valence-corrected chi connectivity index (χ3v) is 5.53. The lowest BCUT2D eigenvalue weighted by Crippen LogP contribution is -2.41. The number of imidazole rings is 1. The molecule has 6 heterocycles. The summed E-state index contributed by atoms with van der Waals surface area (Å²) in [4.78, 5) is 31.0. The van der Waals surface area contributed by atoms with E-state index in [9.17, 15) is 4.79 Å². The van der Waals surface area contributed by atoms with E-state index in [2.05, 4.69) is 30.1 Å². The van der Waals surface area contributed by atoms with Gasteiger partial charge in [0.15, 0.2) is 0 Å². The van der Waals surface area contributed by atoms with Crippen molar-refractivity contribution in [1.82, 2.24) is 44.6 Å². The van der Waals surface area contributed by atoms with E-state index in [-0.39, 0.29) is 17.6 Å². The van der Waals surface area contributed by atoms with Crippen molar-refractivity contribution in [1.29, 1.82) is 0 Å². The summed E-state index contributed by atoms with van der Waals surface area (Å²) >= 11 is 0. The number of pyridine rings is 1. The molecule has 0 radical (unpaired) electrons. The van der Waals surface area contributed by atoms with Gasteiger partial charge in [0.2, 0.25) is 5.82 Å². The van der Waals surface area contributed by atoms with E-state index >= 15 is 0 Å². The number of carbonyl (C=O) groups is 1. The first-order chi connectivity index (χ1) is 15.7. The summed E-state index contributed by atoms with van der Waals surface area (Å²) in [7, 11) is 0. The molecule has 32 heavy (non-hydrogen) atoms. The number of H-pyrrole nitrogens is 1. The highest BCUT2D eigenvalue weighted by atomic mass is 16.4. The van der Waals surface area contributed by atoms with Gasteiger partial charge in [-0.05, 0) is 31.2 Å². The highest BCUT2D eigenvalue weighted by Crippen LogP contribution is 2.34. The fourth-order valence-corrected chi connectivity index (χ4v) is 4.03. The number of aryl methyl sites for hydroxylation is 1. The maximum Gasteiger partial charge on any atom is 0.312 e. The van der Waals surface area contributed by atoms with Gasteiger partial charge in [-0.3, -0.25) is 4.79 Å². The minimum Gasteiger partial charge on any atom is -0.409 e. The zero-order valence-corrected chi connectivity index (χ0v) is 17.0. The second kappa shape index (κ2) is 7.08. The molecule has 5 aromatic rings. The predicted molar refractivity (Wildman–Crippen MR) is 110 cm³/mol. The van der Waals surface area contributed by atoms with Crippen molar-refractivity contribution in [2.45, 2.75) is 19.4 Å². The maximum absolute atomic E-state index is 13.5. The predicted octanol–water partition coefficient (Wildman–Crippen LogP) is 1.99. The molecule has 6 rings (SSSR count). The van der Waals surface area contributed by atoms with Crippen LogP contribution in [0.15, 0.2) is 53.5 Å². The summed E-state index contributed by atoms with van der Waals surface area (Å²) in [5.74, 6) is -0.172. The molecule has 1 aliphatic rings. The molecule has 0 bridgehead atoms. The molecule has 1 aliphatic heterocycles. The summed E-state index contributed by atoms with van der Waals surface area (Å²) in [5, 5.41) is 12.7. The van der Waals surface area contributed by atoms with Crippen LogP contribution < -0.4 is 0 Å². The Labute approximate surface area is 181 Å². The fraction of sp³-hybridized carbons (Fsp3) is 0.190. The number of aromatic amines is 1. The molecule has 0 saturated carbocycles. The third-order valence-electron chi connectivity index (χ3n) is 5.53. The molecule has 0 saturated heterocycles. The van der Waals surface area contributed by atoms with Crippen LogP contribution >= 0.6 is 0 Å². The van der Waals surface area contributed by atoms with Gasteiger partial charge >= 0.3 is 11.8 Å². The quantitative estimate of drug-likeness (QED) is 0.462. The molecule has 0 unspecified atom stereocenters. The molecule has 5 aromatic heterocycles. The number of nitrogens with zero attached hydrogens (tertiary/aromatic N) is 8. The smallest absolute Gasteiger partial charge is 0.312 e. The van der Waals surface area contributed by atoms with Crippen molar-refractivity contribution in [2.75, 3.05) is 6.54 Å². The average molecular weight is 427 g/mol. The van der Waals surface area contributed by atoms with E-state index in [0.717, 1.165) is 22.6 Å². The van der Waals surface area contributed by atoms with Crippen LogP contribution in [0.3, 0.4) is 0 Å². The van der Waals surface area contributed by atoms with Crippen molar-refractivity contribution in [2.24, 2.45) is 0 Å². The summed E-state index contributed by atoms with van der Waals surface area (Å²) < 4.78 is 7.48. The van der Waals surface area contributed by atoms with Crippen molar-refractivity contribution in [3.63, 3.8) is 0 Å². The first-order valence-electron chi connectivity index (χ1n) is 10.1. The molecule has 0 fully saturated rings. The second-order valence-electron chi connectivity index (χ2n) is 7.48. The van der Waals surface area contributed by atoms with Crippen molar-refractivity contribution in [3.05, 3.63) is 77.7 Å². The Kier molecular flexibility index (Phi) is 4.06. The number of fused-ring (bicyclic) bond motifs is 2. The molecule has 1 amide bonds. The van der Waals surface area contributed by atoms with E-state index in [0.29, 0.717) is 18.7 Å². The van der Waals surface area contributed by atoms with E-state index in [1.165, 1.54) is 0 Å². The Morgan fingerprint density at radius 2 is 2.03 bits per heavy atom. The standard InChI is InChI=1S/C21H17N9O2/c1-12-4-2-5-13-10-15(28-30(12)13)17-16-14(24-11-25-16)6-9-29(17)21(31)20-27-26-19(32-20)18-22-7-3-8-23-18/h2-5,7-8,10-11,17H,6,9H2,1H3,(H,24,25)/t17-/m1/s1. The van der Waals surface area contributed by atoms with Crippen LogP contribution in [-0.2, 0) is 6.42 Å². The number of hydrogen-bond donors (Lipinski definition) is 1. The van der Waals surface area contributed by atoms with Crippen LogP contribution in [0, 0.1) is 6.92 Å². The van der Waals surface area contributed by atoms with Crippen LogP contribution in [0.1, 0.15) is 39.5 Å². The molecular formula is C21H17N9O2. The highest BCUT2D eigenvalue weighted by molar-refractivity contribution is 5.90. The van der Waals surface area contributed by atoms with Crippen LogP contribution in [-0.4, -0.2) is 57.1 Å². The Balaban J connectivity index is 1.41. The van der Waals surface area contributed by atoms with Gasteiger partial charge in [0.1, 0.15) is 6.04 Å². The summed E-state index contributed by atoms with van der Waals surface area (Å²) in [6.45, 7) is 2.43. The monoisotopic (exact) mass is 427 g/mol. The summed E-state index contributed by atoms with van der Waals surface area (Å²) in [6.07, 6.45) is 5.41. The van der Waals surface area contributed by atoms with Crippen LogP contribution in [0.25, 0.3) is 17.2 Å². The van der Waals surface area contributed by atoms with Gasteiger partial charge in [-0.15, -0.1) is 10.2 Å². The SMILES string of the molecule is Cc1cccc2cc([C@@H]3c4nc[nH]c4CCN3C(=O)c3nnc(-c4ncccn4)o3)nn12. The summed E-state index contributed by atoms with van der Waals surface area (Å²) in [6, 6.07) is 9.11. The lowest BCUT2D eigenvalue weighted by atomic mass is 9.99. The Morgan fingerprint density at radius 1 is 1.16 bits per heavy atom. The molecule has 0 spiro atoms. The fourth-order valence-electron chi connectivity index (χ4n) is 4.03. The molecule has 11 nitrogen and oxygen atoms in total. The second-order valence-corrected chi connectivity index (χ2v) is 7.48. The van der Waals surface area contributed by atoms with E-state index in [1.807, 2.05) is 35.7 Å². The van der Waals surface area contributed by atoms with Crippen molar-refractivity contribution < 1.29 is 9.21 Å². The minimum atomic E-state index is -0.486. The number of hydrogen-bond acceptors (Lipinski definition) is 8. The number of nitrogens with one attached hydrogen (secondary N) is 1. The van der Waals surface area contributed by atoms with Gasteiger partial charge in [0.05, 0.1) is 23.2 Å². The van der Waals surface area contributed by atoms with Crippen molar-refractivity contribution >= 4 is 11.4 Å². The largest absolute Gasteiger partial charge is 0.409 e. The van der Waals surface area contributed by atoms with Gasteiger partial charge in [0.25, 0.3) is 5.89 Å². The lowest BCUT2D eigenvalue weighted by Gasteiger charge is -2.32. The molecule has 1 atom stereocenters. The van der Waals surface area contributed by atoms with Gasteiger partial charge in [-0.25, -0.2) is 19.5 Å². The first kappa shape index (κ1) is 18.4. The van der Waals surface area contributed by atoms with E-state index in [4.69, 9.17) is 9.52 Å². The maximum atomic E-state index is 13.5. The normalized spacial score (nSPS) is 15.8. The van der Waals surface area contributed by atoms with E-state index in [1.54, 1.807) is 29.7 Å². The van der Waals surface area contributed by atoms with Crippen LogP contribution in [0.5, 0.6) is 0 Å². The molecule has 0 aliphatic carbocycles. The number of amides is 1. The van der Waals surface area contributed by atoms with Gasteiger partial charge in [-0.2, -0.15) is 5.10 Å². The minimum absolute atomic E-state index is 0.0892. The summed E-state index contributed by atoms with van der Waals surface area (Å²) in [5.41, 5.74) is 4.39. The van der Waals surface area contributed by atoms with Gasteiger partial charge in [-0.1, -0.05) is 6.07 Å². The molecule has 0 aromatic carbocycles. The Morgan fingerprint density at radius 3 is 2.88 bits per heavy atom. The Bertz CT molecular complexity index is 1440. The zero-order valence-electron chi connectivity index (χ0n) is 17.0. The first-order valence-corrected chi connectivity index (χ1v) is 10.1. The topological polar surface area (TPSA) is 131 Å². The molecule has 1 N–H and O–H groups in total. The zero-order chi connectivity index (χ0) is 21.7. The van der Waals surface area contributed by atoms with E-state index < -0.39 is 11.9 Å². The van der Waals surface area contributed by atoms with Crippen LogP contribution in [0.4, 0.5) is 0 Å². The third kappa shape index (κ3) is 2.86. The Hall–Kier alpha value is -4.41. The van der Waals surface area contributed by atoms with Crippen LogP contribution in [0.2, 0.25) is 0 Å². The number of carbonyl (C=O) groups excluding carboxylic acids is 1. The molecule has 158 valence electrons. The number of rotatable bonds is 3. The van der Waals surface area contributed by atoms with Gasteiger partial charge < -0.3 is 14.3 Å². The van der Waals surface area contributed by atoms with Crippen molar-refractivity contribution in [3.8, 4) is 11.7 Å². The average Bonchev–Trinajstić information content (AvgIpc) is 3.58. The lowest BCUT2D eigenvalue weighted by molar-refractivity contribution is 0.0646. The van der Waals surface area contributed by atoms with Gasteiger partial charge in [0, 0.05) is 36.7 Å². The number of aromatic nitrogens is 8. The molecule has 11 heteroatoms. The highest BCUT2D eigenvalue weighted by Gasteiger charge is 2.38. The molecular weight excluding hydrogens is 410 g/mol.